The second kappa shape index (κ2) is 7.03. The lowest BCUT2D eigenvalue weighted by molar-refractivity contribution is 1.10. The van der Waals surface area contributed by atoms with Crippen molar-refractivity contribution < 1.29 is 0 Å². The predicted molar refractivity (Wildman–Crippen MR) is 111 cm³/mol. The third-order valence-corrected chi connectivity index (χ3v) is 4.83. The van der Waals surface area contributed by atoms with E-state index in [0.717, 1.165) is 39.2 Å². The van der Waals surface area contributed by atoms with Crippen molar-refractivity contribution in [3.8, 4) is 11.1 Å². The van der Waals surface area contributed by atoms with Gasteiger partial charge < -0.3 is 5.32 Å². The second-order valence-electron chi connectivity index (χ2n) is 6.52. The lowest BCUT2D eigenvalue weighted by Gasteiger charge is -2.10. The summed E-state index contributed by atoms with van der Waals surface area (Å²) < 4.78 is 0. The molecule has 0 amide bonds. The van der Waals surface area contributed by atoms with E-state index >= 15 is 0 Å². The molecule has 0 bridgehead atoms. The summed E-state index contributed by atoms with van der Waals surface area (Å²) in [5.41, 5.74) is 7.43. The van der Waals surface area contributed by atoms with Crippen molar-refractivity contribution in [2.24, 2.45) is 4.99 Å². The highest BCUT2D eigenvalue weighted by Gasteiger charge is 2.14. The van der Waals surface area contributed by atoms with Gasteiger partial charge in [-0.25, -0.2) is 0 Å². The molecule has 0 fully saturated rings. The highest BCUT2D eigenvalue weighted by Crippen LogP contribution is 2.28. The number of rotatable bonds is 3. The molecule has 5 nitrogen and oxygen atoms in total. The van der Waals surface area contributed by atoms with Gasteiger partial charge in [0.1, 0.15) is 5.69 Å². The van der Waals surface area contributed by atoms with Gasteiger partial charge >= 0.3 is 0 Å². The van der Waals surface area contributed by atoms with Gasteiger partial charge in [-0.05, 0) is 54.8 Å². The van der Waals surface area contributed by atoms with E-state index in [9.17, 15) is 0 Å². The number of hydrogen-bond donors (Lipinski definition) is 2. The number of nitrogens with zero attached hydrogens (tertiary/aromatic N) is 3. The summed E-state index contributed by atoms with van der Waals surface area (Å²) in [4.78, 5) is 8.78. The first-order chi connectivity index (χ1) is 13.2. The minimum absolute atomic E-state index is 0.726. The molecule has 0 aliphatic rings. The molecule has 4 aromatic rings. The number of para-hydroxylation sites is 1. The van der Waals surface area contributed by atoms with Crippen molar-refractivity contribution >= 4 is 22.4 Å². The van der Waals surface area contributed by atoms with Crippen LogP contribution in [0.15, 0.2) is 65.9 Å². The van der Waals surface area contributed by atoms with Crippen molar-refractivity contribution in [1.29, 1.82) is 0 Å². The molecule has 0 aliphatic carbocycles. The van der Waals surface area contributed by atoms with Gasteiger partial charge in [-0.3, -0.25) is 15.1 Å². The molecule has 0 saturated carbocycles. The summed E-state index contributed by atoms with van der Waals surface area (Å²) in [5, 5.41) is 12.0. The number of nitrogens with one attached hydrogen (secondary N) is 2. The molecule has 134 valence electrons. The predicted octanol–water partition coefficient (Wildman–Crippen LogP) is 4.73. The fraction of sp³-hybridized carbons (Fsp3) is 0.136. The molecule has 2 N–H and O–H groups in total. The van der Waals surface area contributed by atoms with Gasteiger partial charge in [0.15, 0.2) is 5.84 Å². The SMILES string of the molecule is CN=C(Nc1ccccc1)c1n[nH]c2ccc(-c3cncc(C)c3C)cc12. The average molecular weight is 355 g/mol. The van der Waals surface area contributed by atoms with Crippen LogP contribution in [0.5, 0.6) is 0 Å². The molecular weight excluding hydrogens is 334 g/mol. The summed E-state index contributed by atoms with van der Waals surface area (Å²) in [6.45, 7) is 4.21. The first-order valence-corrected chi connectivity index (χ1v) is 8.86. The fourth-order valence-corrected chi connectivity index (χ4v) is 3.16. The van der Waals surface area contributed by atoms with Crippen molar-refractivity contribution in [1.82, 2.24) is 15.2 Å². The van der Waals surface area contributed by atoms with Crippen LogP contribution in [0.2, 0.25) is 0 Å². The molecule has 2 aromatic carbocycles. The normalized spacial score (nSPS) is 11.7. The van der Waals surface area contributed by atoms with Gasteiger partial charge in [0.2, 0.25) is 0 Å². The Bertz CT molecular complexity index is 1130. The minimum Gasteiger partial charge on any atom is -0.339 e. The molecule has 0 spiro atoms. The van der Waals surface area contributed by atoms with E-state index in [4.69, 9.17) is 0 Å². The van der Waals surface area contributed by atoms with Gasteiger partial charge in [-0.1, -0.05) is 24.3 Å². The lowest BCUT2D eigenvalue weighted by atomic mass is 9.98. The molecule has 27 heavy (non-hydrogen) atoms. The van der Waals surface area contributed by atoms with E-state index in [0.29, 0.717) is 0 Å². The van der Waals surface area contributed by atoms with Crippen LogP contribution in [0.1, 0.15) is 16.8 Å². The largest absolute Gasteiger partial charge is 0.339 e. The molecule has 5 heteroatoms. The van der Waals surface area contributed by atoms with Gasteiger partial charge in [0.05, 0.1) is 5.52 Å². The molecule has 0 unspecified atom stereocenters. The Kier molecular flexibility index (Phi) is 4.42. The number of aromatic nitrogens is 3. The Morgan fingerprint density at radius 3 is 2.63 bits per heavy atom. The number of aliphatic imine (C=N–C) groups is 1. The van der Waals surface area contributed by atoms with Crippen molar-refractivity contribution in [2.45, 2.75) is 13.8 Å². The third-order valence-electron chi connectivity index (χ3n) is 4.83. The van der Waals surface area contributed by atoms with Crippen LogP contribution in [0.3, 0.4) is 0 Å². The van der Waals surface area contributed by atoms with E-state index in [1.807, 2.05) is 42.7 Å². The second-order valence-corrected chi connectivity index (χ2v) is 6.52. The third kappa shape index (κ3) is 3.19. The number of aryl methyl sites for hydroxylation is 1. The number of anilines is 1. The van der Waals surface area contributed by atoms with Crippen LogP contribution in [0.25, 0.3) is 22.0 Å². The Morgan fingerprint density at radius 2 is 1.85 bits per heavy atom. The van der Waals surface area contributed by atoms with Crippen molar-refractivity contribution in [3.63, 3.8) is 0 Å². The van der Waals surface area contributed by atoms with Gasteiger partial charge in [-0.15, -0.1) is 0 Å². The van der Waals surface area contributed by atoms with Crippen LogP contribution < -0.4 is 5.32 Å². The fourth-order valence-electron chi connectivity index (χ4n) is 3.16. The summed E-state index contributed by atoms with van der Waals surface area (Å²) in [6, 6.07) is 16.3. The van der Waals surface area contributed by atoms with Crippen LogP contribution in [0.4, 0.5) is 5.69 Å². The molecule has 0 saturated heterocycles. The smallest absolute Gasteiger partial charge is 0.154 e. The maximum atomic E-state index is 4.50. The Morgan fingerprint density at radius 1 is 1.04 bits per heavy atom. The minimum atomic E-state index is 0.726. The topological polar surface area (TPSA) is 66.0 Å². The molecule has 0 atom stereocenters. The Hall–Kier alpha value is -3.47. The number of pyridine rings is 1. The van der Waals surface area contributed by atoms with E-state index in [2.05, 4.69) is 57.5 Å². The van der Waals surface area contributed by atoms with E-state index in [1.165, 1.54) is 11.1 Å². The van der Waals surface area contributed by atoms with Crippen LogP contribution in [0, 0.1) is 13.8 Å². The monoisotopic (exact) mass is 355 g/mol. The maximum Gasteiger partial charge on any atom is 0.154 e. The van der Waals surface area contributed by atoms with Crippen LogP contribution in [-0.4, -0.2) is 28.1 Å². The highest BCUT2D eigenvalue weighted by molar-refractivity contribution is 6.14. The number of benzene rings is 2. The zero-order chi connectivity index (χ0) is 18.8. The van der Waals surface area contributed by atoms with E-state index < -0.39 is 0 Å². The quantitative estimate of drug-likeness (QED) is 0.412. The van der Waals surface area contributed by atoms with Crippen molar-refractivity contribution in [3.05, 3.63) is 77.7 Å². The molecule has 2 heterocycles. The maximum absolute atomic E-state index is 4.50. The Balaban J connectivity index is 1.79. The summed E-state index contributed by atoms with van der Waals surface area (Å²) in [6.07, 6.45) is 3.81. The molecule has 0 radical (unpaired) electrons. The Labute approximate surface area is 158 Å². The van der Waals surface area contributed by atoms with E-state index in [-0.39, 0.29) is 0 Å². The van der Waals surface area contributed by atoms with Gasteiger partial charge in [0.25, 0.3) is 0 Å². The molecule has 2 aromatic heterocycles. The number of fused-ring (bicyclic) bond motifs is 1. The first-order valence-electron chi connectivity index (χ1n) is 8.86. The molecular formula is C22H21N5. The lowest BCUT2D eigenvalue weighted by Crippen LogP contribution is -2.14. The summed E-state index contributed by atoms with van der Waals surface area (Å²) in [5.74, 6) is 0.726. The van der Waals surface area contributed by atoms with Crippen molar-refractivity contribution in [2.75, 3.05) is 12.4 Å². The zero-order valence-corrected chi connectivity index (χ0v) is 15.6. The number of amidine groups is 1. The van der Waals surface area contributed by atoms with Crippen LogP contribution in [-0.2, 0) is 0 Å². The first kappa shape index (κ1) is 17.0. The standard InChI is InChI=1S/C22H21N5/c1-14-12-24-13-19(15(14)2)16-9-10-20-18(11-16)21(27-26-20)22(23-3)25-17-7-5-4-6-8-17/h4-13H,1-3H3,(H,23,25)(H,26,27). The number of hydrogen-bond acceptors (Lipinski definition) is 3. The average Bonchev–Trinajstić information content (AvgIpc) is 3.12. The molecule has 0 aliphatic heterocycles. The highest BCUT2D eigenvalue weighted by atomic mass is 15.1. The van der Waals surface area contributed by atoms with Crippen LogP contribution >= 0.6 is 0 Å². The van der Waals surface area contributed by atoms with Gasteiger partial charge in [-0.2, -0.15) is 5.10 Å². The zero-order valence-electron chi connectivity index (χ0n) is 15.6. The van der Waals surface area contributed by atoms with E-state index in [1.54, 1.807) is 7.05 Å². The summed E-state index contributed by atoms with van der Waals surface area (Å²) in [7, 11) is 1.77. The molecule has 4 rings (SSSR count). The van der Waals surface area contributed by atoms with Gasteiger partial charge in [0, 0.05) is 36.1 Å². The number of H-pyrrole nitrogens is 1. The summed E-state index contributed by atoms with van der Waals surface area (Å²) >= 11 is 0. The number of aromatic amines is 1.